The van der Waals surface area contributed by atoms with Crippen LogP contribution in [0.4, 0.5) is 5.69 Å². The molecular weight excluding hydrogens is 420 g/mol. The van der Waals surface area contributed by atoms with Crippen LogP contribution >= 0.6 is 27.7 Å². The maximum Gasteiger partial charge on any atom is 0.234 e. The number of fused-ring (bicyclic) bond motifs is 3. The number of nitrogens with zero attached hydrogens (tertiary/aromatic N) is 1. The number of carbonyl (C=O) groups excluding carboxylic acids is 1. The minimum absolute atomic E-state index is 0.00139. The molecule has 0 spiro atoms. The van der Waals surface area contributed by atoms with Crippen molar-refractivity contribution < 1.29 is 4.79 Å². The molecule has 3 aromatic carbocycles. The molecule has 0 unspecified atom stereocenters. The third-order valence-electron chi connectivity index (χ3n) is 4.56. The van der Waals surface area contributed by atoms with Crippen LogP contribution in [-0.2, 0) is 11.3 Å². The molecule has 1 N–H and O–H groups in total. The zero-order chi connectivity index (χ0) is 18.8. The summed E-state index contributed by atoms with van der Waals surface area (Å²) in [6.07, 6.45) is 0. The van der Waals surface area contributed by atoms with Gasteiger partial charge in [0.25, 0.3) is 0 Å². The number of hydrogen-bond acceptors (Lipinski definition) is 2. The van der Waals surface area contributed by atoms with Crippen LogP contribution in [0, 0.1) is 0 Å². The predicted molar refractivity (Wildman–Crippen MR) is 119 cm³/mol. The number of nitrogens with one attached hydrogen (secondary N) is 1. The van der Waals surface area contributed by atoms with Gasteiger partial charge >= 0.3 is 0 Å². The van der Waals surface area contributed by atoms with Gasteiger partial charge in [-0.2, -0.15) is 0 Å². The lowest BCUT2D eigenvalue weighted by molar-refractivity contribution is -0.113. The lowest BCUT2D eigenvalue weighted by atomic mass is 10.1. The molecule has 136 valence electrons. The molecule has 3 nitrogen and oxygen atoms in total. The van der Waals surface area contributed by atoms with Crippen molar-refractivity contribution in [3.05, 3.63) is 71.2 Å². The number of hydrogen-bond donors (Lipinski definition) is 1. The molecule has 0 atom stereocenters. The molecule has 0 bridgehead atoms. The topological polar surface area (TPSA) is 34.0 Å². The molecule has 0 aliphatic rings. The number of rotatable bonds is 5. The summed E-state index contributed by atoms with van der Waals surface area (Å²) in [5.74, 6) is 0.387. The third kappa shape index (κ3) is 3.75. The Morgan fingerprint density at radius 2 is 1.74 bits per heavy atom. The normalized spacial score (nSPS) is 11.2. The maximum atomic E-state index is 12.4. The van der Waals surface area contributed by atoms with Crippen LogP contribution < -0.4 is 5.32 Å². The van der Waals surface area contributed by atoms with Gasteiger partial charge in [0.05, 0.1) is 5.75 Å². The molecule has 0 radical (unpaired) electrons. The van der Waals surface area contributed by atoms with Crippen molar-refractivity contribution in [1.82, 2.24) is 4.57 Å². The Bertz CT molecular complexity index is 1120. The summed E-state index contributed by atoms with van der Waals surface area (Å²) < 4.78 is 3.34. The molecule has 1 aromatic heterocycles. The van der Waals surface area contributed by atoms with Crippen LogP contribution in [-0.4, -0.2) is 16.2 Å². The highest BCUT2D eigenvalue weighted by atomic mass is 79.9. The summed E-state index contributed by atoms with van der Waals surface area (Å²) in [5.41, 5.74) is 3.26. The average molecular weight is 439 g/mol. The number of halogens is 1. The summed E-state index contributed by atoms with van der Waals surface area (Å²) in [5, 5.41) is 5.42. The van der Waals surface area contributed by atoms with Crippen LogP contribution in [0.1, 0.15) is 6.92 Å². The highest BCUT2D eigenvalue weighted by Crippen LogP contribution is 2.31. The minimum atomic E-state index is 0.00139. The molecule has 5 heteroatoms. The smallest absolute Gasteiger partial charge is 0.234 e. The fourth-order valence-corrected chi connectivity index (χ4v) is 4.31. The first-order chi connectivity index (χ1) is 13.2. The maximum absolute atomic E-state index is 12.4. The molecule has 4 rings (SSSR count). The van der Waals surface area contributed by atoms with Crippen molar-refractivity contribution in [2.24, 2.45) is 0 Å². The number of anilines is 1. The molecule has 0 fully saturated rings. The van der Waals surface area contributed by atoms with Crippen molar-refractivity contribution in [1.29, 1.82) is 0 Å². The Balaban J connectivity index is 1.54. The molecular formula is C22H19BrN2OS. The molecule has 0 saturated heterocycles. The lowest BCUT2D eigenvalue weighted by Crippen LogP contribution is -2.13. The van der Waals surface area contributed by atoms with E-state index in [0.717, 1.165) is 21.6 Å². The Morgan fingerprint density at radius 1 is 1.00 bits per heavy atom. The van der Waals surface area contributed by atoms with Crippen molar-refractivity contribution in [2.45, 2.75) is 18.4 Å². The molecule has 4 aromatic rings. The van der Waals surface area contributed by atoms with Crippen LogP contribution in [0.3, 0.4) is 0 Å². The van der Waals surface area contributed by atoms with E-state index >= 15 is 0 Å². The SMILES string of the molecule is CCn1c2ccccc2c2cc(NC(=O)CSc3ccc(Br)cc3)ccc21. The number of benzene rings is 3. The van der Waals surface area contributed by atoms with Gasteiger partial charge in [-0.05, 0) is 55.5 Å². The largest absolute Gasteiger partial charge is 0.341 e. The zero-order valence-electron chi connectivity index (χ0n) is 14.9. The third-order valence-corrected chi connectivity index (χ3v) is 6.10. The summed E-state index contributed by atoms with van der Waals surface area (Å²) >= 11 is 4.96. The van der Waals surface area contributed by atoms with E-state index in [1.165, 1.54) is 33.6 Å². The van der Waals surface area contributed by atoms with E-state index in [1.807, 2.05) is 30.3 Å². The van der Waals surface area contributed by atoms with Gasteiger partial charge in [-0.15, -0.1) is 11.8 Å². The number of aromatic nitrogens is 1. The van der Waals surface area contributed by atoms with Gasteiger partial charge < -0.3 is 9.88 Å². The molecule has 27 heavy (non-hydrogen) atoms. The highest BCUT2D eigenvalue weighted by molar-refractivity contribution is 9.10. The zero-order valence-corrected chi connectivity index (χ0v) is 17.3. The number of para-hydroxylation sites is 1. The van der Waals surface area contributed by atoms with Crippen molar-refractivity contribution in [2.75, 3.05) is 11.1 Å². The Labute approximate surface area is 170 Å². The molecule has 1 heterocycles. The number of carbonyl (C=O) groups is 1. The summed E-state index contributed by atoms with van der Waals surface area (Å²) in [7, 11) is 0. The Kier molecular flexibility index (Phi) is 5.23. The van der Waals surface area contributed by atoms with E-state index in [2.05, 4.69) is 69.1 Å². The van der Waals surface area contributed by atoms with Gasteiger partial charge in [-0.25, -0.2) is 0 Å². The fraction of sp³-hybridized carbons (Fsp3) is 0.136. The van der Waals surface area contributed by atoms with Crippen LogP contribution in [0.5, 0.6) is 0 Å². The first kappa shape index (κ1) is 18.1. The highest BCUT2D eigenvalue weighted by Gasteiger charge is 2.11. The van der Waals surface area contributed by atoms with Gasteiger partial charge in [-0.3, -0.25) is 4.79 Å². The quantitative estimate of drug-likeness (QED) is 0.370. The van der Waals surface area contributed by atoms with Crippen LogP contribution in [0.25, 0.3) is 21.8 Å². The van der Waals surface area contributed by atoms with Crippen LogP contribution in [0.15, 0.2) is 76.1 Å². The molecule has 1 amide bonds. The van der Waals surface area contributed by atoms with E-state index in [9.17, 15) is 4.79 Å². The average Bonchev–Trinajstić information content (AvgIpc) is 3.01. The molecule has 0 aliphatic carbocycles. The first-order valence-corrected chi connectivity index (χ1v) is 10.6. The van der Waals surface area contributed by atoms with E-state index in [-0.39, 0.29) is 5.91 Å². The Hall–Kier alpha value is -2.24. The van der Waals surface area contributed by atoms with E-state index in [1.54, 1.807) is 0 Å². The van der Waals surface area contributed by atoms with Crippen LogP contribution in [0.2, 0.25) is 0 Å². The van der Waals surface area contributed by atoms with Gasteiger partial charge in [0.15, 0.2) is 0 Å². The standard InChI is InChI=1S/C22H19BrN2OS/c1-2-25-20-6-4-3-5-18(20)19-13-16(9-12-21(19)25)24-22(26)14-27-17-10-7-15(23)8-11-17/h3-13H,2,14H2,1H3,(H,24,26). The fourth-order valence-electron chi connectivity index (χ4n) is 3.35. The summed E-state index contributed by atoms with van der Waals surface area (Å²) in [6.45, 7) is 3.07. The second kappa shape index (κ2) is 7.79. The second-order valence-corrected chi connectivity index (χ2v) is 8.25. The van der Waals surface area contributed by atoms with Gasteiger partial charge in [0.2, 0.25) is 5.91 Å². The second-order valence-electron chi connectivity index (χ2n) is 6.28. The van der Waals surface area contributed by atoms with Crippen molar-refractivity contribution in [3.63, 3.8) is 0 Å². The van der Waals surface area contributed by atoms with Gasteiger partial charge in [0.1, 0.15) is 0 Å². The number of aryl methyl sites for hydroxylation is 1. The number of amides is 1. The van der Waals surface area contributed by atoms with E-state index in [4.69, 9.17) is 0 Å². The monoisotopic (exact) mass is 438 g/mol. The van der Waals surface area contributed by atoms with Gasteiger partial charge in [-0.1, -0.05) is 34.1 Å². The van der Waals surface area contributed by atoms with Crippen molar-refractivity contribution >= 4 is 61.1 Å². The number of thioether (sulfide) groups is 1. The van der Waals surface area contributed by atoms with Crippen molar-refractivity contribution in [3.8, 4) is 0 Å². The van der Waals surface area contributed by atoms with E-state index in [0.29, 0.717) is 5.75 Å². The minimum Gasteiger partial charge on any atom is -0.341 e. The molecule has 0 aliphatic heterocycles. The molecule has 0 saturated carbocycles. The first-order valence-electron chi connectivity index (χ1n) is 8.85. The Morgan fingerprint density at radius 3 is 2.52 bits per heavy atom. The predicted octanol–water partition coefficient (Wildman–Crippen LogP) is 6.31. The van der Waals surface area contributed by atoms with Gasteiger partial charge in [0, 0.05) is 43.4 Å². The summed E-state index contributed by atoms with van der Waals surface area (Å²) in [6, 6.07) is 22.5. The van der Waals surface area contributed by atoms with E-state index < -0.39 is 0 Å². The summed E-state index contributed by atoms with van der Waals surface area (Å²) in [4.78, 5) is 13.4. The lowest BCUT2D eigenvalue weighted by Gasteiger charge is -2.07.